The molecule has 0 radical (unpaired) electrons. The van der Waals surface area contributed by atoms with E-state index in [2.05, 4.69) is 24.7 Å². The zero-order valence-electron chi connectivity index (χ0n) is 16.5. The summed E-state index contributed by atoms with van der Waals surface area (Å²) in [5.41, 5.74) is -0.327. The zero-order chi connectivity index (χ0) is 21.0. The molecule has 1 aromatic heterocycles. The molecule has 1 aromatic rings. The van der Waals surface area contributed by atoms with E-state index in [9.17, 15) is 16.8 Å². The normalized spacial score (nSPS) is 17.7. The molecule has 2 rings (SSSR count). The summed E-state index contributed by atoms with van der Waals surface area (Å²) in [6.07, 6.45) is 2.46. The minimum atomic E-state index is -3.47. The maximum atomic E-state index is 12.5. The van der Waals surface area contributed by atoms with Gasteiger partial charge in [0.1, 0.15) is 12.0 Å². The Morgan fingerprint density at radius 1 is 1.25 bits per heavy atom. The quantitative estimate of drug-likeness (QED) is 0.411. The number of nitrogens with one attached hydrogen (secondary N) is 2. The molecular weight excluding hydrogens is 408 g/mol. The summed E-state index contributed by atoms with van der Waals surface area (Å²) in [6.45, 7) is 5.45. The predicted molar refractivity (Wildman–Crippen MR) is 106 cm³/mol. The van der Waals surface area contributed by atoms with E-state index in [1.165, 1.54) is 16.6 Å². The van der Waals surface area contributed by atoms with Crippen LogP contribution in [0.15, 0.2) is 21.8 Å². The van der Waals surface area contributed by atoms with Crippen LogP contribution in [0, 0.1) is 0 Å². The molecule has 1 saturated heterocycles. The zero-order valence-corrected chi connectivity index (χ0v) is 18.2. The van der Waals surface area contributed by atoms with Crippen molar-refractivity contribution < 1.29 is 21.4 Å². The number of piperazine rings is 1. The molecule has 160 valence electrons. The van der Waals surface area contributed by atoms with E-state index in [-0.39, 0.29) is 5.75 Å². The van der Waals surface area contributed by atoms with Gasteiger partial charge in [0.15, 0.2) is 5.96 Å². The topological polar surface area (TPSA) is 137 Å². The standard InChI is InChI=1S/C15H28N6O5S2/c1-15(2,19-27(4,22)23)12-17-14(16-3)20-6-8-21(9-7-20)28(24,25)11-13-5-10-26-18-13/h5,10,19H,6-9,11-12H2,1-4H3,(H,16,17). The van der Waals surface area contributed by atoms with Gasteiger partial charge in [0.25, 0.3) is 0 Å². The Bertz CT molecular complexity index is 872. The molecule has 2 N–H and O–H groups in total. The van der Waals surface area contributed by atoms with Gasteiger partial charge in [-0.2, -0.15) is 4.31 Å². The lowest BCUT2D eigenvalue weighted by atomic mass is 10.1. The van der Waals surface area contributed by atoms with E-state index < -0.39 is 25.6 Å². The van der Waals surface area contributed by atoms with E-state index in [1.807, 2.05) is 4.90 Å². The number of rotatable bonds is 7. The third-order valence-electron chi connectivity index (χ3n) is 4.12. The third-order valence-corrected chi connectivity index (χ3v) is 6.85. The van der Waals surface area contributed by atoms with Crippen LogP contribution in [-0.2, 0) is 25.8 Å². The average molecular weight is 437 g/mol. The molecule has 11 nitrogen and oxygen atoms in total. The van der Waals surface area contributed by atoms with Crippen molar-refractivity contribution in [1.29, 1.82) is 0 Å². The van der Waals surface area contributed by atoms with E-state index in [0.29, 0.717) is 44.4 Å². The van der Waals surface area contributed by atoms with Crippen LogP contribution in [0.1, 0.15) is 19.5 Å². The number of aromatic nitrogens is 1. The average Bonchev–Trinajstić information content (AvgIpc) is 3.06. The van der Waals surface area contributed by atoms with Crippen molar-refractivity contribution in [3.8, 4) is 0 Å². The van der Waals surface area contributed by atoms with E-state index in [0.717, 1.165) is 6.26 Å². The predicted octanol–water partition coefficient (Wildman–Crippen LogP) is -0.975. The van der Waals surface area contributed by atoms with E-state index in [4.69, 9.17) is 0 Å². The lowest BCUT2D eigenvalue weighted by Crippen LogP contribution is -2.57. The van der Waals surface area contributed by atoms with Crippen molar-refractivity contribution in [3.63, 3.8) is 0 Å². The smallest absolute Gasteiger partial charge is 0.220 e. The fourth-order valence-corrected chi connectivity index (χ4v) is 5.44. The first kappa shape index (κ1) is 22.6. The van der Waals surface area contributed by atoms with Crippen molar-refractivity contribution in [3.05, 3.63) is 18.0 Å². The lowest BCUT2D eigenvalue weighted by molar-refractivity contribution is 0.258. The number of hydrogen-bond acceptors (Lipinski definition) is 7. The molecule has 0 saturated carbocycles. The van der Waals surface area contributed by atoms with Crippen LogP contribution >= 0.6 is 0 Å². The van der Waals surface area contributed by atoms with Gasteiger partial charge in [-0.1, -0.05) is 5.16 Å². The van der Waals surface area contributed by atoms with Crippen LogP contribution in [0.3, 0.4) is 0 Å². The second-order valence-corrected chi connectivity index (χ2v) is 11.0. The minimum Gasteiger partial charge on any atom is -0.364 e. The Hall–Kier alpha value is -1.70. The summed E-state index contributed by atoms with van der Waals surface area (Å²) in [4.78, 5) is 6.17. The molecule has 1 aliphatic rings. The van der Waals surface area contributed by atoms with Gasteiger partial charge < -0.3 is 14.7 Å². The highest BCUT2D eigenvalue weighted by Gasteiger charge is 2.30. The minimum absolute atomic E-state index is 0.193. The number of aliphatic imine (C=N–C) groups is 1. The van der Waals surface area contributed by atoms with Crippen LogP contribution in [0.5, 0.6) is 0 Å². The Kier molecular flexibility index (Phi) is 7.07. The van der Waals surface area contributed by atoms with Crippen molar-refractivity contribution in [1.82, 2.24) is 24.4 Å². The van der Waals surface area contributed by atoms with Gasteiger partial charge in [-0.3, -0.25) is 4.99 Å². The molecule has 1 aliphatic heterocycles. The summed E-state index contributed by atoms with van der Waals surface area (Å²) in [5, 5.41) is 6.81. The fourth-order valence-electron chi connectivity index (χ4n) is 2.94. The molecule has 0 amide bonds. The monoisotopic (exact) mass is 436 g/mol. The van der Waals surface area contributed by atoms with Crippen molar-refractivity contribution in [2.45, 2.75) is 25.1 Å². The van der Waals surface area contributed by atoms with Gasteiger partial charge in [0, 0.05) is 51.4 Å². The highest BCUT2D eigenvalue weighted by atomic mass is 32.2. The molecule has 0 atom stereocenters. The highest BCUT2D eigenvalue weighted by molar-refractivity contribution is 7.88. The van der Waals surface area contributed by atoms with Gasteiger partial charge in [-0.05, 0) is 13.8 Å². The van der Waals surface area contributed by atoms with Crippen LogP contribution in [-0.4, -0.2) is 88.7 Å². The Labute approximate surface area is 166 Å². The highest BCUT2D eigenvalue weighted by Crippen LogP contribution is 2.13. The van der Waals surface area contributed by atoms with Gasteiger partial charge in [-0.15, -0.1) is 0 Å². The molecule has 0 unspecified atom stereocenters. The van der Waals surface area contributed by atoms with Crippen molar-refractivity contribution in [2.75, 3.05) is 46.0 Å². The SMILES string of the molecule is CN=C(NCC(C)(C)NS(C)(=O)=O)N1CCN(S(=O)(=O)Cc2ccon2)CC1. The molecule has 0 spiro atoms. The molecular formula is C15H28N6O5S2. The number of guanidine groups is 1. The second kappa shape index (κ2) is 8.76. The molecule has 13 heteroatoms. The fraction of sp³-hybridized carbons (Fsp3) is 0.733. The van der Waals surface area contributed by atoms with Crippen LogP contribution in [0.25, 0.3) is 0 Å². The van der Waals surface area contributed by atoms with Gasteiger partial charge >= 0.3 is 0 Å². The molecule has 2 heterocycles. The first-order valence-electron chi connectivity index (χ1n) is 8.73. The summed E-state index contributed by atoms with van der Waals surface area (Å²) >= 11 is 0. The maximum absolute atomic E-state index is 12.5. The van der Waals surface area contributed by atoms with Crippen molar-refractivity contribution >= 4 is 26.0 Å². The summed E-state index contributed by atoms with van der Waals surface area (Å²) in [5.74, 6) is 0.402. The molecule has 1 fully saturated rings. The van der Waals surface area contributed by atoms with Gasteiger partial charge in [-0.25, -0.2) is 21.6 Å². The third kappa shape index (κ3) is 6.72. The lowest BCUT2D eigenvalue weighted by Gasteiger charge is -2.36. The van der Waals surface area contributed by atoms with Gasteiger partial charge in [0.2, 0.25) is 20.0 Å². The molecule has 0 bridgehead atoms. The summed E-state index contributed by atoms with van der Waals surface area (Å²) in [7, 11) is -5.17. The number of hydrogen-bond donors (Lipinski definition) is 2. The molecule has 0 aromatic carbocycles. The first-order valence-corrected chi connectivity index (χ1v) is 12.2. The van der Waals surface area contributed by atoms with Crippen molar-refractivity contribution in [2.24, 2.45) is 4.99 Å². The van der Waals surface area contributed by atoms with Gasteiger partial charge in [0.05, 0.1) is 11.9 Å². The first-order chi connectivity index (χ1) is 12.9. The Morgan fingerprint density at radius 3 is 2.39 bits per heavy atom. The summed E-state index contributed by atoms with van der Waals surface area (Å²) in [6, 6.07) is 1.53. The molecule has 28 heavy (non-hydrogen) atoms. The van der Waals surface area contributed by atoms with Crippen LogP contribution in [0.2, 0.25) is 0 Å². The number of sulfonamides is 2. The van der Waals surface area contributed by atoms with Crippen LogP contribution < -0.4 is 10.0 Å². The Morgan fingerprint density at radius 2 is 1.89 bits per heavy atom. The Balaban J connectivity index is 1.90. The van der Waals surface area contributed by atoms with Crippen LogP contribution in [0.4, 0.5) is 0 Å². The maximum Gasteiger partial charge on any atom is 0.220 e. The largest absolute Gasteiger partial charge is 0.364 e. The molecule has 0 aliphatic carbocycles. The summed E-state index contributed by atoms with van der Waals surface area (Å²) < 4.78 is 56.6. The number of nitrogens with zero attached hydrogens (tertiary/aromatic N) is 4. The van der Waals surface area contributed by atoms with E-state index in [1.54, 1.807) is 20.9 Å². The van der Waals surface area contributed by atoms with E-state index >= 15 is 0 Å². The second-order valence-electron chi connectivity index (χ2n) is 7.29.